The fourth-order valence-corrected chi connectivity index (χ4v) is 3.42. The standard InChI is InChI=1S/C16H19N3S/c1-10-14(19-13(17)9-18-15(19)20-10)11-5-7-12(8-6-11)16(2,3)4/h5-9H,17H2,1-4H3. The summed E-state index contributed by atoms with van der Waals surface area (Å²) in [5.41, 5.74) is 9.88. The first-order valence-corrected chi connectivity index (χ1v) is 7.53. The number of rotatable bonds is 1. The average molecular weight is 285 g/mol. The lowest BCUT2D eigenvalue weighted by Gasteiger charge is -2.19. The molecule has 0 bridgehead atoms. The second-order valence-electron chi connectivity index (χ2n) is 6.14. The molecule has 4 heteroatoms. The van der Waals surface area contributed by atoms with Crippen LogP contribution in [0.1, 0.15) is 31.2 Å². The number of nitrogens with zero attached hydrogens (tertiary/aromatic N) is 2. The van der Waals surface area contributed by atoms with Gasteiger partial charge < -0.3 is 5.73 Å². The molecule has 0 saturated carbocycles. The molecule has 0 aliphatic carbocycles. The number of anilines is 1. The molecule has 3 rings (SSSR count). The van der Waals surface area contributed by atoms with Crippen molar-refractivity contribution in [3.8, 4) is 11.3 Å². The predicted octanol–water partition coefficient (Wildman–Crippen LogP) is 4.25. The van der Waals surface area contributed by atoms with Crippen LogP contribution >= 0.6 is 11.3 Å². The maximum absolute atomic E-state index is 6.03. The summed E-state index contributed by atoms with van der Waals surface area (Å²) in [6.07, 6.45) is 1.72. The highest BCUT2D eigenvalue weighted by Gasteiger charge is 2.16. The first-order valence-electron chi connectivity index (χ1n) is 6.71. The molecule has 0 aliphatic heterocycles. The second kappa shape index (κ2) is 4.35. The molecule has 0 radical (unpaired) electrons. The van der Waals surface area contributed by atoms with Crippen LogP contribution in [0.3, 0.4) is 0 Å². The molecule has 20 heavy (non-hydrogen) atoms. The van der Waals surface area contributed by atoms with Gasteiger partial charge in [-0.15, -0.1) is 11.3 Å². The summed E-state index contributed by atoms with van der Waals surface area (Å²) in [4.78, 5) is 6.53. The largest absolute Gasteiger partial charge is 0.383 e. The molecule has 0 atom stereocenters. The van der Waals surface area contributed by atoms with E-state index in [0.717, 1.165) is 10.7 Å². The van der Waals surface area contributed by atoms with Gasteiger partial charge in [-0.1, -0.05) is 45.0 Å². The second-order valence-corrected chi connectivity index (χ2v) is 7.32. The van der Waals surface area contributed by atoms with Gasteiger partial charge in [-0.2, -0.15) is 0 Å². The first kappa shape index (κ1) is 13.2. The molecule has 104 valence electrons. The summed E-state index contributed by atoms with van der Waals surface area (Å²) in [6, 6.07) is 8.75. The van der Waals surface area contributed by atoms with Crippen LogP contribution in [0.2, 0.25) is 0 Å². The summed E-state index contributed by atoms with van der Waals surface area (Å²) in [5.74, 6) is 0.694. The lowest BCUT2D eigenvalue weighted by Crippen LogP contribution is -2.10. The molecule has 0 amide bonds. The third-order valence-electron chi connectivity index (χ3n) is 3.58. The van der Waals surface area contributed by atoms with E-state index in [-0.39, 0.29) is 5.41 Å². The molecule has 0 fully saturated rings. The molecule has 0 unspecified atom stereocenters. The monoisotopic (exact) mass is 285 g/mol. The van der Waals surface area contributed by atoms with Crippen molar-refractivity contribution in [3.05, 3.63) is 40.9 Å². The Labute approximate surface area is 123 Å². The van der Waals surface area contributed by atoms with E-state index < -0.39 is 0 Å². The average Bonchev–Trinajstić information content (AvgIpc) is 2.88. The molecular formula is C16H19N3S. The highest BCUT2D eigenvalue weighted by atomic mass is 32.1. The van der Waals surface area contributed by atoms with Crippen molar-refractivity contribution < 1.29 is 0 Å². The molecule has 0 spiro atoms. The van der Waals surface area contributed by atoms with Gasteiger partial charge in [0.05, 0.1) is 11.9 Å². The Kier molecular flexibility index (Phi) is 2.87. The van der Waals surface area contributed by atoms with E-state index >= 15 is 0 Å². The number of benzene rings is 1. The number of thiazole rings is 1. The van der Waals surface area contributed by atoms with E-state index in [9.17, 15) is 0 Å². The Bertz CT molecular complexity index is 757. The Morgan fingerprint density at radius 3 is 2.40 bits per heavy atom. The number of hydrogen-bond acceptors (Lipinski definition) is 3. The van der Waals surface area contributed by atoms with Crippen molar-refractivity contribution in [3.63, 3.8) is 0 Å². The van der Waals surface area contributed by atoms with Crippen LogP contribution in [0.25, 0.3) is 16.2 Å². The van der Waals surface area contributed by atoms with Gasteiger partial charge in [0.15, 0.2) is 4.96 Å². The van der Waals surface area contributed by atoms with Gasteiger partial charge in [-0.3, -0.25) is 4.40 Å². The highest BCUT2D eigenvalue weighted by Crippen LogP contribution is 2.34. The molecule has 3 aromatic rings. The zero-order valence-electron chi connectivity index (χ0n) is 12.3. The van der Waals surface area contributed by atoms with Crippen molar-refractivity contribution in [1.82, 2.24) is 9.38 Å². The van der Waals surface area contributed by atoms with Crippen LogP contribution in [0.15, 0.2) is 30.5 Å². The number of fused-ring (bicyclic) bond motifs is 1. The minimum Gasteiger partial charge on any atom is -0.383 e. The van der Waals surface area contributed by atoms with Crippen LogP contribution in [0, 0.1) is 6.92 Å². The van der Waals surface area contributed by atoms with E-state index in [1.54, 1.807) is 17.5 Å². The van der Waals surface area contributed by atoms with Crippen molar-refractivity contribution >= 4 is 22.1 Å². The fourth-order valence-electron chi connectivity index (χ4n) is 2.45. The summed E-state index contributed by atoms with van der Waals surface area (Å²) in [6.45, 7) is 8.80. The van der Waals surface area contributed by atoms with Gasteiger partial charge in [0.25, 0.3) is 0 Å². The lowest BCUT2D eigenvalue weighted by molar-refractivity contribution is 0.590. The minimum absolute atomic E-state index is 0.172. The molecule has 0 aliphatic rings. The molecule has 2 N–H and O–H groups in total. The van der Waals surface area contributed by atoms with Crippen LogP contribution in [-0.2, 0) is 5.41 Å². The van der Waals surface area contributed by atoms with Crippen molar-refractivity contribution in [2.45, 2.75) is 33.1 Å². The van der Waals surface area contributed by atoms with E-state index in [1.165, 1.54) is 16.0 Å². The quantitative estimate of drug-likeness (QED) is 0.726. The third kappa shape index (κ3) is 2.00. The molecule has 1 aromatic carbocycles. The summed E-state index contributed by atoms with van der Waals surface area (Å²) < 4.78 is 2.03. The predicted molar refractivity (Wildman–Crippen MR) is 86.4 cm³/mol. The van der Waals surface area contributed by atoms with E-state index in [0.29, 0.717) is 5.82 Å². The Morgan fingerprint density at radius 2 is 1.80 bits per heavy atom. The van der Waals surface area contributed by atoms with Crippen molar-refractivity contribution in [1.29, 1.82) is 0 Å². The SMILES string of the molecule is Cc1sc2ncc(N)n2c1-c1ccc(C(C)(C)C)cc1. The maximum atomic E-state index is 6.03. The molecule has 2 heterocycles. The summed E-state index contributed by atoms with van der Waals surface area (Å²) in [7, 11) is 0. The fraction of sp³-hybridized carbons (Fsp3) is 0.312. The zero-order valence-corrected chi connectivity index (χ0v) is 13.1. The molecule has 0 saturated heterocycles. The Balaban J connectivity index is 2.16. The van der Waals surface area contributed by atoms with Crippen molar-refractivity contribution in [2.24, 2.45) is 0 Å². The lowest BCUT2D eigenvalue weighted by atomic mass is 9.86. The van der Waals surface area contributed by atoms with Gasteiger partial charge in [0.2, 0.25) is 0 Å². The summed E-state index contributed by atoms with van der Waals surface area (Å²) in [5, 5.41) is 0. The number of nitrogen functional groups attached to an aromatic ring is 1. The van der Waals surface area contributed by atoms with Gasteiger partial charge in [-0.05, 0) is 23.5 Å². The first-order chi connectivity index (χ1) is 9.38. The van der Waals surface area contributed by atoms with Gasteiger partial charge in [0.1, 0.15) is 5.82 Å². The normalized spacial score (nSPS) is 12.2. The highest BCUT2D eigenvalue weighted by molar-refractivity contribution is 7.17. The molecule has 2 aromatic heterocycles. The number of nitrogens with two attached hydrogens (primary N) is 1. The van der Waals surface area contributed by atoms with Gasteiger partial charge in [-0.25, -0.2) is 4.98 Å². The maximum Gasteiger partial charge on any atom is 0.196 e. The van der Waals surface area contributed by atoms with Gasteiger partial charge in [0, 0.05) is 4.88 Å². The number of aromatic nitrogens is 2. The zero-order chi connectivity index (χ0) is 14.5. The van der Waals surface area contributed by atoms with Crippen molar-refractivity contribution in [2.75, 3.05) is 5.73 Å². The number of hydrogen-bond donors (Lipinski definition) is 1. The smallest absolute Gasteiger partial charge is 0.196 e. The molecule has 3 nitrogen and oxygen atoms in total. The minimum atomic E-state index is 0.172. The van der Waals surface area contributed by atoms with Crippen LogP contribution in [0.5, 0.6) is 0 Å². The number of imidazole rings is 1. The van der Waals surface area contributed by atoms with E-state index in [4.69, 9.17) is 5.73 Å². The summed E-state index contributed by atoms with van der Waals surface area (Å²) >= 11 is 1.68. The van der Waals surface area contributed by atoms with E-state index in [2.05, 4.69) is 56.9 Å². The van der Waals surface area contributed by atoms with E-state index in [1.807, 2.05) is 4.40 Å². The Hall–Kier alpha value is -1.81. The Morgan fingerprint density at radius 1 is 1.15 bits per heavy atom. The number of aryl methyl sites for hydroxylation is 1. The van der Waals surface area contributed by atoms with Crippen LogP contribution in [0.4, 0.5) is 5.82 Å². The van der Waals surface area contributed by atoms with Gasteiger partial charge >= 0.3 is 0 Å². The topological polar surface area (TPSA) is 43.3 Å². The third-order valence-corrected chi connectivity index (χ3v) is 4.55. The van der Waals surface area contributed by atoms with Crippen LogP contribution < -0.4 is 5.73 Å². The van der Waals surface area contributed by atoms with Crippen LogP contribution in [-0.4, -0.2) is 9.38 Å². The molecular weight excluding hydrogens is 266 g/mol.